The zero-order valence-electron chi connectivity index (χ0n) is 10.7. The lowest BCUT2D eigenvalue weighted by atomic mass is 9.89. The van der Waals surface area contributed by atoms with Gasteiger partial charge < -0.3 is 15.0 Å². The Hall–Kier alpha value is -0.930. The number of fused-ring (bicyclic) bond motifs is 1. The Kier molecular flexibility index (Phi) is 3.35. The maximum absolute atomic E-state index is 6.03. The summed E-state index contributed by atoms with van der Waals surface area (Å²) in [4.78, 5) is 2.39. The first kappa shape index (κ1) is 12.1. The number of benzene rings is 1. The molecule has 2 aliphatic heterocycles. The minimum atomic E-state index is 0.421. The molecule has 1 atom stereocenters. The Balaban J connectivity index is 1.70. The number of rotatable bonds is 1. The molecule has 0 radical (unpaired) electrons. The van der Waals surface area contributed by atoms with E-state index in [2.05, 4.69) is 17.3 Å². The van der Waals surface area contributed by atoms with Crippen molar-refractivity contribution in [3.05, 3.63) is 23.2 Å². The van der Waals surface area contributed by atoms with Gasteiger partial charge in [-0.05, 0) is 57.1 Å². The zero-order chi connectivity index (χ0) is 12.5. The highest BCUT2D eigenvalue weighted by atomic mass is 35.5. The fourth-order valence-electron chi connectivity index (χ4n) is 2.85. The smallest absolute Gasteiger partial charge is 0.142 e. The number of hydrogen-bond donors (Lipinski definition) is 1. The summed E-state index contributed by atoms with van der Waals surface area (Å²) in [7, 11) is 2.19. The molecule has 3 rings (SSSR count). The summed E-state index contributed by atoms with van der Waals surface area (Å²) in [6, 6.07) is 6.19. The number of halogens is 1. The lowest BCUT2D eigenvalue weighted by Crippen LogP contribution is -2.43. The predicted octanol–water partition coefficient (Wildman–Crippen LogP) is 2.85. The van der Waals surface area contributed by atoms with Gasteiger partial charge in [0.15, 0.2) is 0 Å². The van der Waals surface area contributed by atoms with Crippen molar-refractivity contribution in [3.63, 3.8) is 0 Å². The lowest BCUT2D eigenvalue weighted by molar-refractivity contribution is 0.169. The second kappa shape index (κ2) is 4.98. The van der Waals surface area contributed by atoms with E-state index in [0.29, 0.717) is 12.0 Å². The van der Waals surface area contributed by atoms with E-state index < -0.39 is 0 Å². The van der Waals surface area contributed by atoms with Crippen LogP contribution in [-0.2, 0) is 0 Å². The van der Waals surface area contributed by atoms with Crippen molar-refractivity contribution in [3.8, 4) is 5.75 Å². The summed E-state index contributed by atoms with van der Waals surface area (Å²) in [5.74, 6) is 1.62. The minimum absolute atomic E-state index is 0.421. The topological polar surface area (TPSA) is 24.5 Å². The van der Waals surface area contributed by atoms with Crippen molar-refractivity contribution in [2.45, 2.75) is 18.9 Å². The molecule has 0 amide bonds. The third-order valence-electron chi connectivity index (χ3n) is 4.03. The maximum atomic E-state index is 6.03. The highest BCUT2D eigenvalue weighted by Gasteiger charge is 2.29. The van der Waals surface area contributed by atoms with E-state index in [-0.39, 0.29) is 0 Å². The summed E-state index contributed by atoms with van der Waals surface area (Å²) >= 11 is 6.03. The Morgan fingerprint density at radius 3 is 2.89 bits per heavy atom. The highest BCUT2D eigenvalue weighted by Crippen LogP contribution is 2.34. The molecule has 1 saturated heterocycles. The molecule has 4 heteroatoms. The standard InChI is InChI=1S/C14H19ClN2O/c1-17-6-4-10(5-7-17)13-9-18-14-3-2-11(15)8-12(14)16-13/h2-3,8,10,13,16H,4-7,9H2,1H3. The van der Waals surface area contributed by atoms with Gasteiger partial charge in [-0.1, -0.05) is 11.6 Å². The molecule has 1 N–H and O–H groups in total. The van der Waals surface area contributed by atoms with Gasteiger partial charge in [-0.3, -0.25) is 0 Å². The van der Waals surface area contributed by atoms with Gasteiger partial charge in [0.25, 0.3) is 0 Å². The quantitative estimate of drug-likeness (QED) is 0.846. The lowest BCUT2D eigenvalue weighted by Gasteiger charge is -2.37. The number of piperidine rings is 1. The van der Waals surface area contributed by atoms with Crippen LogP contribution in [0.5, 0.6) is 5.75 Å². The van der Waals surface area contributed by atoms with Crippen molar-refractivity contribution in [2.75, 3.05) is 32.1 Å². The van der Waals surface area contributed by atoms with Crippen molar-refractivity contribution < 1.29 is 4.74 Å². The van der Waals surface area contributed by atoms with E-state index in [1.54, 1.807) is 0 Å². The van der Waals surface area contributed by atoms with E-state index >= 15 is 0 Å². The summed E-state index contributed by atoms with van der Waals surface area (Å²) < 4.78 is 5.84. The van der Waals surface area contributed by atoms with E-state index in [0.717, 1.165) is 23.1 Å². The number of ether oxygens (including phenoxy) is 1. The Morgan fingerprint density at radius 1 is 1.33 bits per heavy atom. The Labute approximate surface area is 113 Å². The van der Waals surface area contributed by atoms with Crippen molar-refractivity contribution >= 4 is 17.3 Å². The second-order valence-electron chi connectivity index (χ2n) is 5.34. The molecule has 3 nitrogen and oxygen atoms in total. The van der Waals surface area contributed by atoms with Crippen molar-refractivity contribution in [1.82, 2.24) is 4.90 Å². The van der Waals surface area contributed by atoms with Crippen LogP contribution in [0.2, 0.25) is 5.02 Å². The first-order valence-corrected chi connectivity index (χ1v) is 6.97. The number of anilines is 1. The van der Waals surface area contributed by atoms with Gasteiger partial charge in [-0.2, -0.15) is 0 Å². The van der Waals surface area contributed by atoms with Gasteiger partial charge in [0.2, 0.25) is 0 Å². The summed E-state index contributed by atoms with van der Waals surface area (Å²) in [5, 5.41) is 4.35. The molecule has 0 bridgehead atoms. The van der Waals surface area contributed by atoms with Crippen LogP contribution in [0.25, 0.3) is 0 Å². The first-order valence-electron chi connectivity index (χ1n) is 6.60. The van der Waals surface area contributed by atoms with Crippen LogP contribution >= 0.6 is 11.6 Å². The van der Waals surface area contributed by atoms with Crippen LogP contribution in [0.15, 0.2) is 18.2 Å². The number of nitrogens with one attached hydrogen (secondary N) is 1. The monoisotopic (exact) mass is 266 g/mol. The predicted molar refractivity (Wildman–Crippen MR) is 74.6 cm³/mol. The molecule has 0 spiro atoms. The molecule has 98 valence electrons. The average molecular weight is 267 g/mol. The van der Waals surface area contributed by atoms with Gasteiger partial charge >= 0.3 is 0 Å². The summed E-state index contributed by atoms with van der Waals surface area (Å²) in [6.07, 6.45) is 2.49. The maximum Gasteiger partial charge on any atom is 0.142 e. The largest absolute Gasteiger partial charge is 0.489 e. The number of likely N-dealkylation sites (tertiary alicyclic amines) is 1. The highest BCUT2D eigenvalue weighted by molar-refractivity contribution is 6.30. The fraction of sp³-hybridized carbons (Fsp3) is 0.571. The molecule has 0 aliphatic carbocycles. The minimum Gasteiger partial charge on any atom is -0.489 e. The van der Waals surface area contributed by atoms with Gasteiger partial charge in [-0.25, -0.2) is 0 Å². The van der Waals surface area contributed by atoms with Crippen LogP contribution < -0.4 is 10.1 Å². The SMILES string of the molecule is CN1CCC(C2COc3ccc(Cl)cc3N2)CC1. The van der Waals surface area contributed by atoms with Crippen LogP contribution in [0.4, 0.5) is 5.69 Å². The molecule has 1 aromatic carbocycles. The molecule has 18 heavy (non-hydrogen) atoms. The average Bonchev–Trinajstić information content (AvgIpc) is 2.38. The summed E-state index contributed by atoms with van der Waals surface area (Å²) in [6.45, 7) is 3.14. The van der Waals surface area contributed by atoms with E-state index in [4.69, 9.17) is 16.3 Å². The molecule has 2 heterocycles. The van der Waals surface area contributed by atoms with Crippen LogP contribution in [0.3, 0.4) is 0 Å². The third-order valence-corrected chi connectivity index (χ3v) is 4.27. The number of hydrogen-bond acceptors (Lipinski definition) is 3. The van der Waals surface area contributed by atoms with Crippen LogP contribution in [-0.4, -0.2) is 37.7 Å². The normalized spacial score (nSPS) is 25.1. The number of nitrogens with zero attached hydrogens (tertiary/aromatic N) is 1. The van der Waals surface area contributed by atoms with Gasteiger partial charge in [0, 0.05) is 5.02 Å². The molecular weight excluding hydrogens is 248 g/mol. The molecule has 1 unspecified atom stereocenters. The molecule has 2 aliphatic rings. The van der Waals surface area contributed by atoms with E-state index in [1.807, 2.05) is 18.2 Å². The fourth-order valence-corrected chi connectivity index (χ4v) is 3.02. The first-order chi connectivity index (χ1) is 8.72. The Morgan fingerprint density at radius 2 is 2.11 bits per heavy atom. The van der Waals surface area contributed by atoms with E-state index in [1.165, 1.54) is 25.9 Å². The van der Waals surface area contributed by atoms with Crippen LogP contribution in [0.1, 0.15) is 12.8 Å². The molecule has 0 aromatic heterocycles. The van der Waals surface area contributed by atoms with Gasteiger partial charge in [-0.15, -0.1) is 0 Å². The zero-order valence-corrected chi connectivity index (χ0v) is 11.4. The molecule has 1 fully saturated rings. The molecular formula is C14H19ClN2O. The van der Waals surface area contributed by atoms with Gasteiger partial charge in [0.05, 0.1) is 11.7 Å². The van der Waals surface area contributed by atoms with Crippen molar-refractivity contribution in [1.29, 1.82) is 0 Å². The molecule has 1 aromatic rings. The molecule has 0 saturated carbocycles. The van der Waals surface area contributed by atoms with Gasteiger partial charge in [0.1, 0.15) is 12.4 Å². The second-order valence-corrected chi connectivity index (χ2v) is 5.78. The third kappa shape index (κ3) is 2.43. The Bertz CT molecular complexity index is 430. The van der Waals surface area contributed by atoms with Crippen molar-refractivity contribution in [2.24, 2.45) is 5.92 Å². The van der Waals surface area contributed by atoms with E-state index in [9.17, 15) is 0 Å². The summed E-state index contributed by atoms with van der Waals surface area (Å²) in [5.41, 5.74) is 1.04. The van der Waals surface area contributed by atoms with Crippen LogP contribution in [0, 0.1) is 5.92 Å².